The van der Waals surface area contributed by atoms with E-state index in [4.69, 9.17) is 11.6 Å². The first-order valence-electron chi connectivity index (χ1n) is 8.03. The Bertz CT molecular complexity index is 897. The number of nitrogens with zero attached hydrogens (tertiary/aromatic N) is 4. The first kappa shape index (κ1) is 17.5. The van der Waals surface area contributed by atoms with Crippen molar-refractivity contribution < 1.29 is 0 Å². The fraction of sp³-hybridized carbons (Fsp3) is 0.211. The molecule has 0 radical (unpaired) electrons. The molecule has 0 fully saturated rings. The lowest BCUT2D eigenvalue weighted by atomic mass is 10.1. The average molecular weight is 369 g/mol. The van der Waals surface area contributed by atoms with E-state index >= 15 is 0 Å². The van der Waals surface area contributed by atoms with Crippen LogP contribution in [0.15, 0.2) is 53.7 Å². The maximum atomic E-state index is 9.23. The van der Waals surface area contributed by atoms with Crippen molar-refractivity contribution in [2.45, 2.75) is 30.8 Å². The molecule has 0 spiro atoms. The Morgan fingerprint density at radius 1 is 1.12 bits per heavy atom. The molecule has 0 unspecified atom stereocenters. The van der Waals surface area contributed by atoms with Crippen molar-refractivity contribution in [1.29, 1.82) is 5.26 Å². The lowest BCUT2D eigenvalue weighted by molar-refractivity contribution is 0.626. The number of benzene rings is 2. The average Bonchev–Trinajstić information content (AvgIpc) is 3.04. The Balaban J connectivity index is 1.87. The summed E-state index contributed by atoms with van der Waals surface area (Å²) in [6.07, 6.45) is 0.987. The molecule has 0 aliphatic carbocycles. The molecule has 0 atom stereocenters. The molecule has 0 aliphatic rings. The number of nitriles is 1. The summed E-state index contributed by atoms with van der Waals surface area (Å²) in [6, 6.07) is 17.5. The van der Waals surface area contributed by atoms with E-state index in [1.807, 2.05) is 48.5 Å². The van der Waals surface area contributed by atoms with Crippen molar-refractivity contribution in [3.8, 4) is 17.5 Å². The number of rotatable bonds is 6. The predicted octanol–water partition coefficient (Wildman–Crippen LogP) is 5.17. The molecule has 0 saturated heterocycles. The highest BCUT2D eigenvalue weighted by Crippen LogP contribution is 2.28. The lowest BCUT2D eigenvalue weighted by Crippen LogP contribution is -2.02. The fourth-order valence-electron chi connectivity index (χ4n) is 2.53. The van der Waals surface area contributed by atoms with Crippen LogP contribution < -0.4 is 0 Å². The summed E-state index contributed by atoms with van der Waals surface area (Å²) in [5.74, 6) is 1.53. The minimum Gasteiger partial charge on any atom is -0.302 e. The highest BCUT2D eigenvalue weighted by molar-refractivity contribution is 7.98. The van der Waals surface area contributed by atoms with Gasteiger partial charge < -0.3 is 4.57 Å². The van der Waals surface area contributed by atoms with Gasteiger partial charge in [-0.15, -0.1) is 10.2 Å². The lowest BCUT2D eigenvalue weighted by Gasteiger charge is -2.09. The Kier molecular flexibility index (Phi) is 5.75. The van der Waals surface area contributed by atoms with Crippen molar-refractivity contribution in [3.63, 3.8) is 0 Å². The van der Waals surface area contributed by atoms with Crippen LogP contribution in [0.4, 0.5) is 0 Å². The van der Waals surface area contributed by atoms with Crippen LogP contribution in [0.2, 0.25) is 5.02 Å². The molecule has 0 saturated carbocycles. The topological polar surface area (TPSA) is 54.5 Å². The monoisotopic (exact) mass is 368 g/mol. The van der Waals surface area contributed by atoms with Crippen LogP contribution >= 0.6 is 23.4 Å². The van der Waals surface area contributed by atoms with Crippen molar-refractivity contribution >= 4 is 23.4 Å². The Morgan fingerprint density at radius 2 is 1.88 bits per heavy atom. The SMILES string of the molecule is CCCn1c(SCc2ccccc2C#N)nnc1-c1ccc(Cl)cc1. The molecule has 126 valence electrons. The molecule has 0 amide bonds. The fourth-order valence-corrected chi connectivity index (χ4v) is 3.63. The molecule has 0 N–H and O–H groups in total. The number of hydrogen-bond donors (Lipinski definition) is 0. The molecule has 0 aliphatic heterocycles. The molecule has 6 heteroatoms. The number of hydrogen-bond acceptors (Lipinski definition) is 4. The van der Waals surface area contributed by atoms with Gasteiger partial charge in [-0.3, -0.25) is 0 Å². The van der Waals surface area contributed by atoms with Gasteiger partial charge in [-0.05, 0) is 42.3 Å². The second-order valence-electron chi connectivity index (χ2n) is 5.52. The maximum Gasteiger partial charge on any atom is 0.191 e. The summed E-state index contributed by atoms with van der Waals surface area (Å²) in [5, 5.41) is 19.5. The smallest absolute Gasteiger partial charge is 0.191 e. The van der Waals surface area contributed by atoms with Crippen LogP contribution in [0.3, 0.4) is 0 Å². The van der Waals surface area contributed by atoms with Gasteiger partial charge in [-0.1, -0.05) is 48.5 Å². The van der Waals surface area contributed by atoms with Crippen LogP contribution in [0.1, 0.15) is 24.5 Å². The summed E-state index contributed by atoms with van der Waals surface area (Å²) < 4.78 is 2.13. The molecule has 4 nitrogen and oxygen atoms in total. The number of halogens is 1. The van der Waals surface area contributed by atoms with Gasteiger partial charge in [0.25, 0.3) is 0 Å². The molecule has 3 rings (SSSR count). The summed E-state index contributed by atoms with van der Waals surface area (Å²) in [5.41, 5.74) is 2.71. The van der Waals surface area contributed by atoms with Gasteiger partial charge in [0.15, 0.2) is 11.0 Å². The summed E-state index contributed by atoms with van der Waals surface area (Å²) in [7, 11) is 0. The zero-order valence-electron chi connectivity index (χ0n) is 13.8. The molecule has 3 aromatic rings. The third kappa shape index (κ3) is 4.04. The third-order valence-corrected chi connectivity index (χ3v) is 5.03. The van der Waals surface area contributed by atoms with Gasteiger partial charge in [0.2, 0.25) is 0 Å². The minimum absolute atomic E-state index is 0.687. The van der Waals surface area contributed by atoms with E-state index in [1.165, 1.54) is 0 Å². The van der Waals surface area contributed by atoms with Crippen LogP contribution in [-0.4, -0.2) is 14.8 Å². The standard InChI is InChI=1S/C19H17ClN4S/c1-2-11-24-18(14-7-9-17(20)10-8-14)22-23-19(24)25-13-16-6-4-3-5-15(16)12-21/h3-10H,2,11,13H2,1H3. The summed E-state index contributed by atoms with van der Waals surface area (Å²) in [6.45, 7) is 2.97. The second-order valence-corrected chi connectivity index (χ2v) is 6.90. The first-order valence-corrected chi connectivity index (χ1v) is 9.39. The quantitative estimate of drug-likeness (QED) is 0.563. The van der Waals surface area contributed by atoms with Crippen molar-refractivity contribution in [3.05, 3.63) is 64.7 Å². The van der Waals surface area contributed by atoms with Crippen molar-refractivity contribution in [2.75, 3.05) is 0 Å². The van der Waals surface area contributed by atoms with Crippen LogP contribution in [0, 0.1) is 11.3 Å². The van der Waals surface area contributed by atoms with Crippen LogP contribution in [0.25, 0.3) is 11.4 Å². The molecule has 1 heterocycles. The Labute approximate surface area is 156 Å². The van der Waals surface area contributed by atoms with Crippen LogP contribution in [-0.2, 0) is 12.3 Å². The second kappa shape index (κ2) is 8.19. The van der Waals surface area contributed by atoms with E-state index in [2.05, 4.69) is 27.8 Å². The molecule has 1 aromatic heterocycles. The molecular weight excluding hydrogens is 352 g/mol. The maximum absolute atomic E-state index is 9.23. The summed E-state index contributed by atoms with van der Waals surface area (Å²) >= 11 is 7.58. The zero-order chi connectivity index (χ0) is 17.6. The van der Waals surface area contributed by atoms with E-state index in [0.717, 1.165) is 35.1 Å². The molecule has 2 aromatic carbocycles. The van der Waals surface area contributed by atoms with E-state index in [-0.39, 0.29) is 0 Å². The van der Waals surface area contributed by atoms with Gasteiger partial charge in [0.05, 0.1) is 11.6 Å². The molecular formula is C19H17ClN4S. The van der Waals surface area contributed by atoms with E-state index in [9.17, 15) is 5.26 Å². The summed E-state index contributed by atoms with van der Waals surface area (Å²) in [4.78, 5) is 0. The highest BCUT2D eigenvalue weighted by atomic mass is 35.5. The minimum atomic E-state index is 0.687. The number of aromatic nitrogens is 3. The Hall–Kier alpha value is -2.29. The third-order valence-electron chi connectivity index (χ3n) is 3.76. The van der Waals surface area contributed by atoms with Gasteiger partial charge in [-0.25, -0.2) is 0 Å². The predicted molar refractivity (Wildman–Crippen MR) is 101 cm³/mol. The van der Waals surface area contributed by atoms with Gasteiger partial charge in [-0.2, -0.15) is 5.26 Å². The van der Waals surface area contributed by atoms with Gasteiger partial charge >= 0.3 is 0 Å². The molecule has 0 bridgehead atoms. The first-order chi connectivity index (χ1) is 12.2. The van der Waals surface area contributed by atoms with Crippen molar-refractivity contribution in [1.82, 2.24) is 14.8 Å². The van der Waals surface area contributed by atoms with E-state index < -0.39 is 0 Å². The molecule has 25 heavy (non-hydrogen) atoms. The normalized spacial score (nSPS) is 10.6. The van der Waals surface area contributed by atoms with Gasteiger partial charge in [0.1, 0.15) is 0 Å². The number of thioether (sulfide) groups is 1. The zero-order valence-corrected chi connectivity index (χ0v) is 15.4. The van der Waals surface area contributed by atoms with Crippen LogP contribution in [0.5, 0.6) is 0 Å². The Morgan fingerprint density at radius 3 is 2.60 bits per heavy atom. The highest BCUT2D eigenvalue weighted by Gasteiger charge is 2.14. The van der Waals surface area contributed by atoms with E-state index in [0.29, 0.717) is 16.3 Å². The van der Waals surface area contributed by atoms with Crippen molar-refractivity contribution in [2.24, 2.45) is 0 Å². The largest absolute Gasteiger partial charge is 0.302 e. The van der Waals surface area contributed by atoms with Gasteiger partial charge in [0, 0.05) is 22.9 Å². The van der Waals surface area contributed by atoms with E-state index in [1.54, 1.807) is 11.8 Å².